The molecule has 12 heavy (non-hydrogen) atoms. The fourth-order valence-electron chi connectivity index (χ4n) is 1.28. The van der Waals surface area contributed by atoms with Gasteiger partial charge in [0.05, 0.1) is 0 Å². The second-order valence-electron chi connectivity index (χ2n) is 3.34. The highest BCUT2D eigenvalue weighted by molar-refractivity contribution is 5.92. The molecule has 0 amide bonds. The lowest BCUT2D eigenvalue weighted by molar-refractivity contribution is 0.0969. The number of carbonyl (C=O) groups excluding carboxylic acids is 1. The quantitative estimate of drug-likeness (QED) is 0.689. The Morgan fingerprint density at radius 2 is 2.50 bits per heavy atom. The van der Waals surface area contributed by atoms with Gasteiger partial charge in [0.1, 0.15) is 0 Å². The Bertz CT molecular complexity index is 262. The van der Waals surface area contributed by atoms with Gasteiger partial charge in [-0.3, -0.25) is 4.79 Å². The molecule has 1 aromatic rings. The van der Waals surface area contributed by atoms with E-state index in [1.807, 2.05) is 0 Å². The van der Waals surface area contributed by atoms with Gasteiger partial charge in [-0.15, -0.1) is 0 Å². The van der Waals surface area contributed by atoms with Crippen molar-refractivity contribution in [3.8, 4) is 0 Å². The molecule has 1 aliphatic rings. The number of rotatable bonds is 4. The van der Waals surface area contributed by atoms with Crippen molar-refractivity contribution in [2.24, 2.45) is 5.92 Å². The molecule has 0 atom stereocenters. The lowest BCUT2D eigenvalue weighted by Gasteiger charge is -1.94. The van der Waals surface area contributed by atoms with Gasteiger partial charge in [0.25, 0.3) is 0 Å². The van der Waals surface area contributed by atoms with E-state index in [2.05, 4.69) is 9.97 Å². The molecular formula is C9H12N2O. The maximum atomic E-state index is 11.3. The van der Waals surface area contributed by atoms with Gasteiger partial charge in [0, 0.05) is 18.8 Å². The Balaban J connectivity index is 1.83. The van der Waals surface area contributed by atoms with Crippen molar-refractivity contribution in [1.29, 1.82) is 0 Å². The van der Waals surface area contributed by atoms with Crippen LogP contribution in [0.1, 0.15) is 36.3 Å². The summed E-state index contributed by atoms with van der Waals surface area (Å²) in [6, 6.07) is 0. The summed E-state index contributed by atoms with van der Waals surface area (Å²) in [6.07, 6.45) is 7.61. The van der Waals surface area contributed by atoms with Crippen LogP contribution in [-0.4, -0.2) is 15.8 Å². The predicted octanol–water partition coefficient (Wildman–Crippen LogP) is 1.78. The Morgan fingerprint density at radius 1 is 1.67 bits per heavy atom. The fourth-order valence-corrected chi connectivity index (χ4v) is 1.28. The maximum Gasteiger partial charge on any atom is 0.198 e. The molecule has 1 heterocycles. The number of nitrogens with zero attached hydrogens (tertiary/aromatic N) is 1. The third-order valence-corrected chi connectivity index (χ3v) is 2.24. The molecule has 64 valence electrons. The zero-order valence-electron chi connectivity index (χ0n) is 6.92. The van der Waals surface area contributed by atoms with E-state index < -0.39 is 0 Å². The molecule has 3 heteroatoms. The van der Waals surface area contributed by atoms with Crippen LogP contribution in [-0.2, 0) is 0 Å². The summed E-state index contributed by atoms with van der Waals surface area (Å²) in [5.74, 6) is 1.48. The minimum atomic E-state index is 0.145. The van der Waals surface area contributed by atoms with Gasteiger partial charge in [-0.25, -0.2) is 4.98 Å². The molecule has 0 bridgehead atoms. The van der Waals surface area contributed by atoms with Crippen molar-refractivity contribution in [2.75, 3.05) is 0 Å². The van der Waals surface area contributed by atoms with Crippen LogP contribution in [0.5, 0.6) is 0 Å². The number of Topliss-reactive ketones (excluding diaryl/α,β-unsaturated/α-hetero) is 1. The first kappa shape index (κ1) is 7.53. The number of H-pyrrole nitrogens is 1. The average Bonchev–Trinajstić information content (AvgIpc) is 2.74. The number of aromatic amines is 1. The highest BCUT2D eigenvalue weighted by Gasteiger charge is 2.22. The van der Waals surface area contributed by atoms with E-state index in [-0.39, 0.29) is 5.78 Å². The summed E-state index contributed by atoms with van der Waals surface area (Å²) in [5.41, 5.74) is 0. The topological polar surface area (TPSA) is 45.8 Å². The average molecular weight is 164 g/mol. The molecule has 0 spiro atoms. The van der Waals surface area contributed by atoms with E-state index in [0.29, 0.717) is 12.2 Å². The molecular weight excluding hydrogens is 152 g/mol. The second-order valence-corrected chi connectivity index (χ2v) is 3.34. The van der Waals surface area contributed by atoms with Gasteiger partial charge in [-0.05, 0) is 12.3 Å². The van der Waals surface area contributed by atoms with E-state index in [1.165, 1.54) is 12.8 Å². The summed E-state index contributed by atoms with van der Waals surface area (Å²) >= 11 is 0. The summed E-state index contributed by atoms with van der Waals surface area (Å²) in [5, 5.41) is 0. The summed E-state index contributed by atoms with van der Waals surface area (Å²) in [4.78, 5) is 18.1. The van der Waals surface area contributed by atoms with Gasteiger partial charge < -0.3 is 4.98 Å². The maximum absolute atomic E-state index is 11.3. The highest BCUT2D eigenvalue weighted by Crippen LogP contribution is 2.33. The van der Waals surface area contributed by atoms with Crippen molar-refractivity contribution < 1.29 is 4.79 Å². The van der Waals surface area contributed by atoms with E-state index in [0.717, 1.165) is 12.3 Å². The van der Waals surface area contributed by atoms with Gasteiger partial charge in [-0.2, -0.15) is 0 Å². The van der Waals surface area contributed by atoms with Crippen LogP contribution in [0.4, 0.5) is 0 Å². The van der Waals surface area contributed by atoms with Crippen LogP contribution < -0.4 is 0 Å². The molecule has 1 fully saturated rings. The van der Waals surface area contributed by atoms with Gasteiger partial charge in [0.2, 0.25) is 0 Å². The van der Waals surface area contributed by atoms with Crippen molar-refractivity contribution >= 4 is 5.78 Å². The molecule has 0 unspecified atom stereocenters. The fraction of sp³-hybridized carbons (Fsp3) is 0.556. The normalized spacial score (nSPS) is 16.3. The number of ketones is 1. The second kappa shape index (κ2) is 3.09. The molecule has 1 N–H and O–H groups in total. The molecule has 0 aromatic carbocycles. The van der Waals surface area contributed by atoms with Crippen LogP contribution in [0.2, 0.25) is 0 Å². The standard InChI is InChI=1S/C9H12N2O/c12-8(4-3-7-1-2-7)9-10-5-6-11-9/h5-7H,1-4H2,(H,10,11). The minimum absolute atomic E-state index is 0.145. The number of nitrogens with one attached hydrogen (secondary N) is 1. The molecule has 3 nitrogen and oxygen atoms in total. The lowest BCUT2D eigenvalue weighted by Crippen LogP contribution is -2.01. The van der Waals surface area contributed by atoms with E-state index in [1.54, 1.807) is 12.4 Å². The third-order valence-electron chi connectivity index (χ3n) is 2.24. The van der Waals surface area contributed by atoms with Gasteiger partial charge in [-0.1, -0.05) is 12.8 Å². The van der Waals surface area contributed by atoms with Crippen LogP contribution in [0.25, 0.3) is 0 Å². The Hall–Kier alpha value is -1.12. The van der Waals surface area contributed by atoms with E-state index in [4.69, 9.17) is 0 Å². The van der Waals surface area contributed by atoms with Gasteiger partial charge in [0.15, 0.2) is 11.6 Å². The first-order valence-corrected chi connectivity index (χ1v) is 4.39. The van der Waals surface area contributed by atoms with E-state index in [9.17, 15) is 4.79 Å². The SMILES string of the molecule is O=C(CCC1CC1)c1ncc[nH]1. The number of hydrogen-bond donors (Lipinski definition) is 1. The Kier molecular flexibility index (Phi) is 1.94. The van der Waals surface area contributed by atoms with Crippen molar-refractivity contribution in [3.63, 3.8) is 0 Å². The predicted molar refractivity (Wildman–Crippen MR) is 44.9 cm³/mol. The first-order chi connectivity index (χ1) is 5.86. The molecule has 1 saturated carbocycles. The van der Waals surface area contributed by atoms with Crippen LogP contribution in [0.3, 0.4) is 0 Å². The smallest absolute Gasteiger partial charge is 0.198 e. The zero-order chi connectivity index (χ0) is 8.39. The van der Waals surface area contributed by atoms with Crippen molar-refractivity contribution in [1.82, 2.24) is 9.97 Å². The zero-order valence-corrected chi connectivity index (χ0v) is 6.92. The summed E-state index contributed by atoms with van der Waals surface area (Å²) in [7, 11) is 0. The molecule has 0 radical (unpaired) electrons. The Morgan fingerprint density at radius 3 is 3.08 bits per heavy atom. The number of carbonyl (C=O) groups is 1. The largest absolute Gasteiger partial charge is 0.342 e. The summed E-state index contributed by atoms with van der Waals surface area (Å²) in [6.45, 7) is 0. The molecule has 1 aliphatic carbocycles. The highest BCUT2D eigenvalue weighted by atomic mass is 16.1. The third kappa shape index (κ3) is 1.72. The van der Waals surface area contributed by atoms with Crippen LogP contribution in [0.15, 0.2) is 12.4 Å². The number of imidazole rings is 1. The number of aromatic nitrogens is 2. The summed E-state index contributed by atoms with van der Waals surface area (Å²) < 4.78 is 0. The van der Waals surface area contributed by atoms with Gasteiger partial charge >= 0.3 is 0 Å². The van der Waals surface area contributed by atoms with Crippen molar-refractivity contribution in [2.45, 2.75) is 25.7 Å². The first-order valence-electron chi connectivity index (χ1n) is 4.39. The molecule has 1 aromatic heterocycles. The molecule has 0 saturated heterocycles. The van der Waals surface area contributed by atoms with Crippen LogP contribution >= 0.6 is 0 Å². The van der Waals surface area contributed by atoms with E-state index >= 15 is 0 Å². The minimum Gasteiger partial charge on any atom is -0.342 e. The molecule has 0 aliphatic heterocycles. The lowest BCUT2D eigenvalue weighted by atomic mass is 10.1. The Labute approximate surface area is 71.2 Å². The number of hydrogen-bond acceptors (Lipinski definition) is 2. The molecule has 2 rings (SSSR count). The van der Waals surface area contributed by atoms with Crippen LogP contribution in [0, 0.1) is 5.92 Å². The van der Waals surface area contributed by atoms with Crippen molar-refractivity contribution in [3.05, 3.63) is 18.2 Å². The monoisotopic (exact) mass is 164 g/mol.